The van der Waals surface area contributed by atoms with Crippen LogP contribution in [0.1, 0.15) is 53.6 Å². The number of hydrogen-bond acceptors (Lipinski definition) is 3. The summed E-state index contributed by atoms with van der Waals surface area (Å²) in [5.74, 6) is 0.510. The molecular weight excluding hydrogens is 264 g/mol. The van der Waals surface area contributed by atoms with Gasteiger partial charge in [-0.3, -0.25) is 0 Å². The van der Waals surface area contributed by atoms with Gasteiger partial charge in [0.05, 0.1) is 0 Å². The van der Waals surface area contributed by atoms with Crippen molar-refractivity contribution in [2.75, 3.05) is 0 Å². The number of benzene rings is 1. The van der Waals surface area contributed by atoms with Gasteiger partial charge in [-0.05, 0) is 18.4 Å². The van der Waals surface area contributed by atoms with Crippen LogP contribution in [0, 0.1) is 0 Å². The normalized spacial score (nSPS) is 12.9. The van der Waals surface area contributed by atoms with Crippen molar-refractivity contribution in [3.05, 3.63) is 45.9 Å². The Hall–Kier alpha value is -0.930. The molecule has 2 rings (SSSR count). The average Bonchev–Trinajstić information content (AvgIpc) is 2.90. The van der Waals surface area contributed by atoms with Gasteiger partial charge in [-0.1, -0.05) is 55.5 Å². The summed E-state index contributed by atoms with van der Waals surface area (Å²) in [5.41, 5.74) is 1.08. The molecule has 2 nitrogen and oxygen atoms in total. The maximum Gasteiger partial charge on any atom is 0.139 e. The smallest absolute Gasteiger partial charge is 0.139 e. The lowest BCUT2D eigenvalue weighted by atomic mass is 10.1. The molecule has 0 bridgehead atoms. The summed E-state index contributed by atoms with van der Waals surface area (Å²) in [4.78, 5) is 0. The third-order valence-electron chi connectivity index (χ3n) is 3.10. The highest BCUT2D eigenvalue weighted by Crippen LogP contribution is 2.34. The molecule has 0 radical (unpaired) electrons. The molecule has 96 valence electrons. The Bertz CT molecular complexity index is 480. The van der Waals surface area contributed by atoms with Crippen LogP contribution in [0.25, 0.3) is 0 Å². The van der Waals surface area contributed by atoms with Crippen LogP contribution in [0.15, 0.2) is 30.3 Å². The van der Waals surface area contributed by atoms with Gasteiger partial charge in [0.2, 0.25) is 0 Å². The van der Waals surface area contributed by atoms with Crippen LogP contribution in [-0.2, 0) is 0 Å². The van der Waals surface area contributed by atoms with Gasteiger partial charge in [0.15, 0.2) is 0 Å². The topological polar surface area (TPSA) is 25.8 Å². The fourth-order valence-corrected chi connectivity index (χ4v) is 3.36. The van der Waals surface area contributed by atoms with E-state index < -0.39 is 0 Å². The third-order valence-corrected chi connectivity index (χ3v) is 4.84. The van der Waals surface area contributed by atoms with Gasteiger partial charge in [-0.2, -0.15) is 0 Å². The number of hydrogen-bond donors (Lipinski definition) is 0. The van der Waals surface area contributed by atoms with E-state index in [0.29, 0.717) is 5.92 Å². The second-order valence-electron chi connectivity index (χ2n) is 4.27. The lowest BCUT2D eigenvalue weighted by Gasteiger charge is -2.07. The molecule has 18 heavy (non-hydrogen) atoms. The lowest BCUT2D eigenvalue weighted by molar-refractivity contribution is 0.630. The molecule has 0 spiro atoms. The van der Waals surface area contributed by atoms with Crippen LogP contribution < -0.4 is 0 Å². The van der Waals surface area contributed by atoms with Crippen molar-refractivity contribution < 1.29 is 0 Å². The van der Waals surface area contributed by atoms with Gasteiger partial charge < -0.3 is 0 Å². The molecule has 1 aromatic heterocycles. The fourth-order valence-electron chi connectivity index (χ4n) is 1.92. The zero-order chi connectivity index (χ0) is 13.0. The molecule has 1 aromatic carbocycles. The third kappa shape index (κ3) is 2.90. The van der Waals surface area contributed by atoms with E-state index >= 15 is 0 Å². The number of aromatic nitrogens is 2. The Morgan fingerprint density at radius 2 is 1.67 bits per heavy atom. The van der Waals surface area contributed by atoms with Crippen LogP contribution in [0.5, 0.6) is 0 Å². The molecule has 4 heteroatoms. The van der Waals surface area contributed by atoms with E-state index in [-0.39, 0.29) is 5.38 Å². The molecule has 1 heterocycles. The summed E-state index contributed by atoms with van der Waals surface area (Å²) in [7, 11) is 0. The van der Waals surface area contributed by atoms with Gasteiger partial charge in [-0.15, -0.1) is 21.8 Å². The van der Waals surface area contributed by atoms with E-state index in [0.717, 1.165) is 28.4 Å². The predicted octanol–water partition coefficient (Wildman–Crippen LogP) is 4.77. The molecule has 0 aliphatic rings. The van der Waals surface area contributed by atoms with Crippen LogP contribution in [0.2, 0.25) is 0 Å². The van der Waals surface area contributed by atoms with Crippen molar-refractivity contribution >= 4 is 22.9 Å². The van der Waals surface area contributed by atoms with E-state index in [4.69, 9.17) is 11.6 Å². The number of alkyl halides is 1. The largest absolute Gasteiger partial charge is 0.143 e. The van der Waals surface area contributed by atoms with Crippen LogP contribution >= 0.6 is 22.9 Å². The number of halogens is 1. The predicted molar refractivity (Wildman–Crippen MR) is 77.4 cm³/mol. The molecular formula is C14H17ClN2S. The van der Waals surface area contributed by atoms with E-state index in [2.05, 4.69) is 24.0 Å². The molecule has 1 unspecified atom stereocenters. The first-order valence-corrected chi connectivity index (χ1v) is 7.53. The van der Waals surface area contributed by atoms with Crippen molar-refractivity contribution in [3.8, 4) is 0 Å². The molecule has 0 aliphatic heterocycles. The van der Waals surface area contributed by atoms with E-state index in [1.165, 1.54) is 0 Å². The number of nitrogens with zero attached hydrogens (tertiary/aromatic N) is 2. The van der Waals surface area contributed by atoms with Crippen molar-refractivity contribution in [1.82, 2.24) is 10.2 Å². The van der Waals surface area contributed by atoms with E-state index in [1.54, 1.807) is 11.3 Å². The summed E-state index contributed by atoms with van der Waals surface area (Å²) < 4.78 is 0. The summed E-state index contributed by atoms with van der Waals surface area (Å²) in [6, 6.07) is 10.0. The van der Waals surface area contributed by atoms with Crippen LogP contribution in [-0.4, -0.2) is 10.2 Å². The van der Waals surface area contributed by atoms with Gasteiger partial charge >= 0.3 is 0 Å². The minimum Gasteiger partial charge on any atom is -0.143 e. The molecule has 1 atom stereocenters. The van der Waals surface area contributed by atoms with Crippen molar-refractivity contribution in [3.63, 3.8) is 0 Å². The quantitative estimate of drug-likeness (QED) is 0.737. The molecule has 0 aliphatic carbocycles. The minimum atomic E-state index is -0.188. The average molecular weight is 281 g/mol. The monoisotopic (exact) mass is 280 g/mol. The first kappa shape index (κ1) is 13.5. The zero-order valence-electron chi connectivity index (χ0n) is 10.6. The van der Waals surface area contributed by atoms with Crippen LogP contribution in [0.3, 0.4) is 0 Å². The van der Waals surface area contributed by atoms with Gasteiger partial charge in [0.25, 0.3) is 0 Å². The molecule has 2 aromatic rings. The SMILES string of the molecule is CCC(CC)c1nnc(C(Cl)c2ccccc2)s1. The highest BCUT2D eigenvalue weighted by molar-refractivity contribution is 7.11. The maximum atomic E-state index is 6.44. The van der Waals surface area contributed by atoms with Crippen molar-refractivity contribution in [1.29, 1.82) is 0 Å². The van der Waals surface area contributed by atoms with Gasteiger partial charge in [-0.25, -0.2) is 0 Å². The molecule has 0 saturated heterocycles. The first-order chi connectivity index (χ1) is 8.76. The van der Waals surface area contributed by atoms with Crippen LogP contribution in [0.4, 0.5) is 0 Å². The summed E-state index contributed by atoms with van der Waals surface area (Å²) in [6.45, 7) is 4.37. The summed E-state index contributed by atoms with van der Waals surface area (Å²) in [6.07, 6.45) is 2.20. The van der Waals surface area contributed by atoms with Gasteiger partial charge in [0, 0.05) is 5.92 Å². The lowest BCUT2D eigenvalue weighted by Crippen LogP contribution is -1.93. The van der Waals surface area contributed by atoms with Crippen molar-refractivity contribution in [2.24, 2.45) is 0 Å². The fraction of sp³-hybridized carbons (Fsp3) is 0.429. The standard InChI is InChI=1S/C14H17ClN2S/c1-3-10(4-2)13-16-17-14(18-13)12(15)11-8-6-5-7-9-11/h5-10,12H,3-4H2,1-2H3. The molecule has 0 N–H and O–H groups in total. The minimum absolute atomic E-state index is 0.188. The Kier molecular flexibility index (Phi) is 4.72. The zero-order valence-corrected chi connectivity index (χ0v) is 12.2. The van der Waals surface area contributed by atoms with Gasteiger partial charge in [0.1, 0.15) is 15.4 Å². The first-order valence-electron chi connectivity index (χ1n) is 6.28. The van der Waals surface area contributed by atoms with E-state index in [1.807, 2.05) is 30.3 Å². The Labute approximate surface area is 117 Å². The second kappa shape index (κ2) is 6.30. The van der Waals surface area contributed by atoms with Crippen molar-refractivity contribution in [2.45, 2.75) is 38.0 Å². The summed E-state index contributed by atoms with van der Waals surface area (Å²) >= 11 is 8.08. The number of rotatable bonds is 5. The molecule has 0 saturated carbocycles. The Morgan fingerprint density at radius 1 is 1.06 bits per heavy atom. The molecule has 0 fully saturated rings. The summed E-state index contributed by atoms with van der Waals surface area (Å²) in [5, 5.41) is 10.3. The highest BCUT2D eigenvalue weighted by Gasteiger charge is 2.19. The second-order valence-corrected chi connectivity index (χ2v) is 5.74. The van der Waals surface area contributed by atoms with E-state index in [9.17, 15) is 0 Å². The Balaban J connectivity index is 2.20. The maximum absolute atomic E-state index is 6.44. The Morgan fingerprint density at radius 3 is 2.28 bits per heavy atom. The highest BCUT2D eigenvalue weighted by atomic mass is 35.5. The molecule has 0 amide bonds.